The molecular formula is C23H24N2O5. The first-order valence-corrected chi connectivity index (χ1v) is 9.67. The predicted molar refractivity (Wildman–Crippen MR) is 112 cm³/mol. The van der Waals surface area contributed by atoms with Gasteiger partial charge in [-0.1, -0.05) is 36.4 Å². The fourth-order valence-electron chi connectivity index (χ4n) is 3.07. The van der Waals surface area contributed by atoms with Gasteiger partial charge in [0.2, 0.25) is 0 Å². The number of urea groups is 1. The van der Waals surface area contributed by atoms with E-state index in [2.05, 4.69) is 0 Å². The highest BCUT2D eigenvalue weighted by Crippen LogP contribution is 2.30. The van der Waals surface area contributed by atoms with Crippen LogP contribution in [0.5, 0.6) is 11.5 Å². The van der Waals surface area contributed by atoms with Gasteiger partial charge in [-0.25, -0.2) is 4.79 Å². The van der Waals surface area contributed by atoms with E-state index in [-0.39, 0.29) is 5.57 Å². The van der Waals surface area contributed by atoms with E-state index < -0.39 is 17.8 Å². The fourth-order valence-corrected chi connectivity index (χ4v) is 3.07. The van der Waals surface area contributed by atoms with Crippen LogP contribution in [0.1, 0.15) is 18.1 Å². The molecular weight excluding hydrogens is 384 g/mol. The van der Waals surface area contributed by atoms with Crippen LogP contribution in [-0.2, 0) is 16.0 Å². The number of imide groups is 2. The van der Waals surface area contributed by atoms with Crippen LogP contribution in [0.2, 0.25) is 0 Å². The highest BCUT2D eigenvalue weighted by molar-refractivity contribution is 6.30. The predicted octanol–water partition coefficient (Wildman–Crippen LogP) is 3.14. The molecule has 0 atom stereocenters. The summed E-state index contributed by atoms with van der Waals surface area (Å²) >= 11 is 0. The molecule has 1 aliphatic heterocycles. The quantitative estimate of drug-likeness (QED) is 0.520. The summed E-state index contributed by atoms with van der Waals surface area (Å²) in [5, 5.41) is 0. The lowest BCUT2D eigenvalue weighted by Gasteiger charge is -2.28. The molecule has 0 aliphatic carbocycles. The van der Waals surface area contributed by atoms with E-state index in [1.54, 1.807) is 18.2 Å². The summed E-state index contributed by atoms with van der Waals surface area (Å²) < 4.78 is 11.6. The first-order valence-electron chi connectivity index (χ1n) is 9.67. The average Bonchev–Trinajstić information content (AvgIpc) is 2.76. The third kappa shape index (κ3) is 4.51. The molecule has 2 aromatic carbocycles. The Bertz CT molecular complexity index is 958. The number of benzene rings is 2. The Morgan fingerprint density at radius 2 is 1.53 bits per heavy atom. The molecule has 2 aromatic rings. The van der Waals surface area contributed by atoms with Gasteiger partial charge >= 0.3 is 6.03 Å². The van der Waals surface area contributed by atoms with Gasteiger partial charge in [-0.2, -0.15) is 0 Å². The second kappa shape index (κ2) is 9.26. The lowest BCUT2D eigenvalue weighted by atomic mass is 10.1. The molecule has 0 bridgehead atoms. The molecule has 30 heavy (non-hydrogen) atoms. The highest BCUT2D eigenvalue weighted by Gasteiger charge is 2.37. The molecule has 1 aliphatic rings. The van der Waals surface area contributed by atoms with E-state index in [1.165, 1.54) is 25.7 Å². The average molecular weight is 408 g/mol. The molecule has 0 unspecified atom stereocenters. The number of amides is 4. The Morgan fingerprint density at radius 1 is 0.867 bits per heavy atom. The Labute approximate surface area is 175 Å². The van der Waals surface area contributed by atoms with Crippen molar-refractivity contribution in [2.45, 2.75) is 13.3 Å². The largest absolute Gasteiger partial charge is 0.490 e. The highest BCUT2D eigenvalue weighted by atomic mass is 16.5. The molecule has 0 spiro atoms. The van der Waals surface area contributed by atoms with Crippen molar-refractivity contribution in [3.63, 3.8) is 0 Å². The summed E-state index contributed by atoms with van der Waals surface area (Å²) in [5.41, 5.74) is 1.69. The maximum atomic E-state index is 12.4. The summed E-state index contributed by atoms with van der Waals surface area (Å²) in [4.78, 5) is 38.5. The minimum atomic E-state index is -0.653. The van der Waals surface area contributed by atoms with Crippen molar-refractivity contribution in [2.24, 2.45) is 0 Å². The molecule has 0 radical (unpaired) electrons. The second-order valence-corrected chi connectivity index (χ2v) is 6.79. The van der Waals surface area contributed by atoms with Crippen LogP contribution in [-0.4, -0.2) is 55.0 Å². The fraction of sp³-hybridized carbons (Fsp3) is 0.261. The minimum absolute atomic E-state index is 0.0835. The first-order chi connectivity index (χ1) is 14.4. The van der Waals surface area contributed by atoms with E-state index in [4.69, 9.17) is 9.47 Å². The minimum Gasteiger partial charge on any atom is -0.490 e. The summed E-state index contributed by atoms with van der Waals surface area (Å²) in [6.45, 7) is 2.79. The van der Waals surface area contributed by atoms with E-state index >= 15 is 0 Å². The van der Waals surface area contributed by atoms with Gasteiger partial charge in [-0.15, -0.1) is 0 Å². The second-order valence-electron chi connectivity index (χ2n) is 6.79. The first kappa shape index (κ1) is 21.1. The zero-order valence-corrected chi connectivity index (χ0v) is 17.3. The van der Waals surface area contributed by atoms with E-state index in [0.29, 0.717) is 30.3 Å². The topological polar surface area (TPSA) is 76.2 Å². The van der Waals surface area contributed by atoms with Crippen LogP contribution in [0.25, 0.3) is 6.08 Å². The SMILES string of the molecule is CCOc1cc(C=C2C(=O)N(C)C(=O)N(C)C2=O)ccc1OCCc1ccccc1. The lowest BCUT2D eigenvalue weighted by Crippen LogP contribution is -2.52. The van der Waals surface area contributed by atoms with Crippen LogP contribution in [0.15, 0.2) is 54.1 Å². The summed E-state index contributed by atoms with van der Waals surface area (Å²) in [6.07, 6.45) is 2.22. The van der Waals surface area contributed by atoms with Gasteiger partial charge in [0.25, 0.3) is 11.8 Å². The number of likely N-dealkylation sites (N-methyl/N-ethyl adjacent to an activating group) is 2. The standard InChI is InChI=1S/C23H24N2O5/c1-4-29-20-15-17(14-18-21(26)24(2)23(28)25(3)22(18)27)10-11-19(20)30-13-12-16-8-6-5-7-9-16/h5-11,14-15H,4,12-13H2,1-3H3. The van der Waals surface area contributed by atoms with Gasteiger partial charge < -0.3 is 9.47 Å². The molecule has 4 amide bonds. The smallest absolute Gasteiger partial charge is 0.333 e. The molecule has 0 N–H and O–H groups in total. The summed E-state index contributed by atoms with van der Waals surface area (Å²) in [7, 11) is 2.69. The lowest BCUT2D eigenvalue weighted by molar-refractivity contribution is -0.134. The molecule has 3 rings (SSSR count). The molecule has 7 nitrogen and oxygen atoms in total. The maximum Gasteiger partial charge on any atom is 0.333 e. The van der Waals surface area contributed by atoms with Crippen molar-refractivity contribution in [1.82, 2.24) is 9.80 Å². The molecule has 1 heterocycles. The van der Waals surface area contributed by atoms with Crippen molar-refractivity contribution in [3.8, 4) is 11.5 Å². The third-order valence-electron chi connectivity index (χ3n) is 4.71. The van der Waals surface area contributed by atoms with Crippen LogP contribution in [0.3, 0.4) is 0 Å². The molecule has 156 valence electrons. The zero-order chi connectivity index (χ0) is 21.7. The van der Waals surface area contributed by atoms with Crippen molar-refractivity contribution in [1.29, 1.82) is 0 Å². The number of carbonyl (C=O) groups is 3. The van der Waals surface area contributed by atoms with Crippen molar-refractivity contribution >= 4 is 23.9 Å². The number of carbonyl (C=O) groups excluding carboxylic acids is 3. The van der Waals surface area contributed by atoms with Gasteiger partial charge in [-0.3, -0.25) is 19.4 Å². The number of ether oxygens (including phenoxy) is 2. The van der Waals surface area contributed by atoms with Gasteiger partial charge in [0.05, 0.1) is 13.2 Å². The van der Waals surface area contributed by atoms with Crippen molar-refractivity contribution in [3.05, 3.63) is 65.2 Å². The van der Waals surface area contributed by atoms with Crippen molar-refractivity contribution < 1.29 is 23.9 Å². The number of nitrogens with zero attached hydrogens (tertiary/aromatic N) is 2. The van der Waals surface area contributed by atoms with Gasteiger partial charge in [0, 0.05) is 20.5 Å². The molecule has 0 saturated carbocycles. The molecule has 1 fully saturated rings. The summed E-state index contributed by atoms with van der Waals surface area (Å²) in [6, 6.07) is 14.6. The summed E-state index contributed by atoms with van der Waals surface area (Å²) in [5.74, 6) is -0.164. The van der Waals surface area contributed by atoms with Crippen LogP contribution in [0, 0.1) is 0 Å². The third-order valence-corrected chi connectivity index (χ3v) is 4.71. The number of rotatable bonds is 7. The normalized spacial score (nSPS) is 14.2. The van der Waals surface area contributed by atoms with E-state index in [1.807, 2.05) is 37.3 Å². The molecule has 7 heteroatoms. The number of hydrogen-bond acceptors (Lipinski definition) is 5. The Hall–Kier alpha value is -3.61. The van der Waals surface area contributed by atoms with Crippen LogP contribution in [0.4, 0.5) is 4.79 Å². The number of barbiturate groups is 1. The molecule has 1 saturated heterocycles. The van der Waals surface area contributed by atoms with Crippen LogP contribution >= 0.6 is 0 Å². The maximum absolute atomic E-state index is 12.4. The zero-order valence-electron chi connectivity index (χ0n) is 17.3. The Kier molecular flexibility index (Phi) is 6.51. The Balaban J connectivity index is 1.80. The molecule has 0 aromatic heterocycles. The van der Waals surface area contributed by atoms with Crippen molar-refractivity contribution in [2.75, 3.05) is 27.3 Å². The van der Waals surface area contributed by atoms with Gasteiger partial charge in [0.15, 0.2) is 11.5 Å². The number of hydrogen-bond donors (Lipinski definition) is 0. The van der Waals surface area contributed by atoms with E-state index in [0.717, 1.165) is 16.2 Å². The van der Waals surface area contributed by atoms with Gasteiger partial charge in [-0.05, 0) is 36.3 Å². The van der Waals surface area contributed by atoms with E-state index in [9.17, 15) is 14.4 Å². The monoisotopic (exact) mass is 408 g/mol. The van der Waals surface area contributed by atoms with Crippen LogP contribution < -0.4 is 9.47 Å². The Morgan fingerprint density at radius 3 is 2.17 bits per heavy atom. The van der Waals surface area contributed by atoms with Gasteiger partial charge in [0.1, 0.15) is 5.57 Å².